The van der Waals surface area contributed by atoms with Crippen molar-refractivity contribution in [1.29, 1.82) is 0 Å². The van der Waals surface area contributed by atoms with Crippen LogP contribution in [0.15, 0.2) is 43.0 Å². The molecule has 0 radical (unpaired) electrons. The molecule has 1 aliphatic rings. The van der Waals surface area contributed by atoms with E-state index in [1.807, 2.05) is 35.9 Å². The highest BCUT2D eigenvalue weighted by molar-refractivity contribution is 5.79. The first kappa shape index (κ1) is 16.4. The van der Waals surface area contributed by atoms with Crippen LogP contribution >= 0.6 is 0 Å². The summed E-state index contributed by atoms with van der Waals surface area (Å²) in [4.78, 5) is 18.6. The number of hydrogen-bond acceptors (Lipinski definition) is 4. The Kier molecular flexibility index (Phi) is 5.03. The summed E-state index contributed by atoms with van der Waals surface area (Å²) < 4.78 is 7.25. The van der Waals surface area contributed by atoms with E-state index < -0.39 is 0 Å². The molecule has 3 rings (SSSR count). The number of benzene rings is 1. The zero-order chi connectivity index (χ0) is 16.9. The van der Waals surface area contributed by atoms with Crippen LogP contribution in [-0.4, -0.2) is 42.2 Å². The van der Waals surface area contributed by atoms with Gasteiger partial charge in [-0.1, -0.05) is 12.1 Å². The Balaban J connectivity index is 1.52. The van der Waals surface area contributed by atoms with Crippen molar-refractivity contribution < 1.29 is 9.53 Å². The quantitative estimate of drug-likeness (QED) is 0.882. The highest BCUT2D eigenvalue weighted by Gasteiger charge is 2.25. The van der Waals surface area contributed by atoms with Crippen LogP contribution in [0.5, 0.6) is 5.75 Å². The van der Waals surface area contributed by atoms with E-state index in [1.165, 1.54) is 0 Å². The average Bonchev–Trinajstić information content (AvgIpc) is 3.30. The lowest BCUT2D eigenvalue weighted by atomic mass is 10.1. The average molecular weight is 328 g/mol. The Morgan fingerprint density at radius 3 is 3.04 bits per heavy atom. The maximum Gasteiger partial charge on any atom is 0.242 e. The van der Waals surface area contributed by atoms with E-state index in [4.69, 9.17) is 4.74 Å². The number of nitrogens with one attached hydrogen (secondary N) is 1. The molecule has 1 aromatic carbocycles. The number of anilines is 1. The second-order valence-electron chi connectivity index (χ2n) is 6.20. The number of hydrogen-bond donors (Lipinski definition) is 1. The summed E-state index contributed by atoms with van der Waals surface area (Å²) in [6, 6.07) is 7.84. The third kappa shape index (κ3) is 3.53. The van der Waals surface area contributed by atoms with Crippen LogP contribution in [0.4, 0.5) is 5.69 Å². The monoisotopic (exact) mass is 328 g/mol. The molecule has 1 saturated heterocycles. The Morgan fingerprint density at radius 2 is 2.29 bits per heavy atom. The summed E-state index contributed by atoms with van der Waals surface area (Å²) in [7, 11) is 1.70. The number of rotatable bonds is 6. The Morgan fingerprint density at radius 1 is 1.46 bits per heavy atom. The third-order valence-electron chi connectivity index (χ3n) is 4.63. The molecule has 128 valence electrons. The zero-order valence-electron chi connectivity index (χ0n) is 14.2. The first-order valence-corrected chi connectivity index (χ1v) is 8.32. The largest absolute Gasteiger partial charge is 0.495 e. The molecule has 6 heteroatoms. The van der Waals surface area contributed by atoms with Crippen molar-refractivity contribution in [3.05, 3.63) is 43.0 Å². The molecule has 0 aliphatic carbocycles. The van der Waals surface area contributed by atoms with Crippen LogP contribution in [0.2, 0.25) is 0 Å². The van der Waals surface area contributed by atoms with Gasteiger partial charge < -0.3 is 19.5 Å². The molecule has 1 N–H and O–H groups in total. The van der Waals surface area contributed by atoms with Gasteiger partial charge in [0.2, 0.25) is 5.91 Å². The summed E-state index contributed by atoms with van der Waals surface area (Å²) in [5, 5.41) is 3.07. The summed E-state index contributed by atoms with van der Waals surface area (Å²) in [6.45, 7) is 4.49. The van der Waals surface area contributed by atoms with Crippen molar-refractivity contribution in [1.82, 2.24) is 14.9 Å². The van der Waals surface area contributed by atoms with Gasteiger partial charge in [-0.15, -0.1) is 0 Å². The maximum absolute atomic E-state index is 12.3. The van der Waals surface area contributed by atoms with Crippen LogP contribution < -0.4 is 15.0 Å². The molecule has 0 saturated carbocycles. The van der Waals surface area contributed by atoms with E-state index in [-0.39, 0.29) is 11.9 Å². The van der Waals surface area contributed by atoms with Crippen LogP contribution in [0, 0.1) is 5.92 Å². The van der Waals surface area contributed by atoms with Gasteiger partial charge in [0.25, 0.3) is 0 Å². The topological polar surface area (TPSA) is 59.4 Å². The molecular weight excluding hydrogens is 304 g/mol. The van der Waals surface area contributed by atoms with Gasteiger partial charge >= 0.3 is 0 Å². The number of carbonyl (C=O) groups excluding carboxylic acids is 1. The Bertz CT molecular complexity index is 671. The molecule has 1 amide bonds. The van der Waals surface area contributed by atoms with E-state index in [0.29, 0.717) is 12.5 Å². The minimum atomic E-state index is -0.237. The van der Waals surface area contributed by atoms with Crippen LogP contribution in [0.25, 0.3) is 0 Å². The van der Waals surface area contributed by atoms with Gasteiger partial charge in [-0.2, -0.15) is 0 Å². The fraction of sp³-hybridized carbons (Fsp3) is 0.444. The standard InChI is InChI=1S/C18H24N4O2/c1-14(22-10-8-19-13-22)18(23)20-11-15-7-9-21(12-15)16-5-3-4-6-17(16)24-2/h3-6,8,10,13-15H,7,9,11-12H2,1-2H3,(H,20,23)/t14-,15-/m1/s1. The van der Waals surface area contributed by atoms with Gasteiger partial charge in [-0.25, -0.2) is 4.98 Å². The minimum absolute atomic E-state index is 0.0312. The van der Waals surface area contributed by atoms with Crippen molar-refractivity contribution in [3.63, 3.8) is 0 Å². The molecule has 0 unspecified atom stereocenters. The summed E-state index contributed by atoms with van der Waals surface area (Å²) >= 11 is 0. The Labute approximate surface area is 142 Å². The second kappa shape index (κ2) is 7.38. The van der Waals surface area contributed by atoms with E-state index >= 15 is 0 Å². The SMILES string of the molecule is COc1ccccc1N1CC[C@H](CNC(=O)[C@@H](C)n2ccnc2)C1. The normalized spacial score (nSPS) is 18.4. The van der Waals surface area contributed by atoms with Crippen LogP contribution in [-0.2, 0) is 4.79 Å². The lowest BCUT2D eigenvalue weighted by Crippen LogP contribution is -2.35. The van der Waals surface area contributed by atoms with Gasteiger partial charge in [-0.3, -0.25) is 4.79 Å². The molecule has 2 aromatic rings. The minimum Gasteiger partial charge on any atom is -0.495 e. The van der Waals surface area contributed by atoms with Gasteiger partial charge in [0.1, 0.15) is 11.8 Å². The molecule has 0 bridgehead atoms. The third-order valence-corrected chi connectivity index (χ3v) is 4.63. The predicted octanol–water partition coefficient (Wildman–Crippen LogP) is 2.10. The fourth-order valence-electron chi connectivity index (χ4n) is 3.14. The number of methoxy groups -OCH3 is 1. The first-order chi connectivity index (χ1) is 11.7. The van der Waals surface area contributed by atoms with Gasteiger partial charge in [-0.05, 0) is 31.4 Å². The van der Waals surface area contributed by atoms with E-state index in [9.17, 15) is 4.79 Å². The van der Waals surface area contributed by atoms with Gasteiger partial charge in [0, 0.05) is 32.0 Å². The molecule has 1 aromatic heterocycles. The molecule has 1 aliphatic heterocycles. The number of para-hydroxylation sites is 2. The highest BCUT2D eigenvalue weighted by atomic mass is 16.5. The molecule has 0 spiro atoms. The summed E-state index contributed by atoms with van der Waals surface area (Å²) in [6.07, 6.45) is 6.23. The maximum atomic E-state index is 12.3. The van der Waals surface area contributed by atoms with Crippen LogP contribution in [0.1, 0.15) is 19.4 Å². The lowest BCUT2D eigenvalue weighted by molar-refractivity contribution is -0.124. The van der Waals surface area contributed by atoms with Crippen molar-refractivity contribution in [2.75, 3.05) is 31.6 Å². The second-order valence-corrected chi connectivity index (χ2v) is 6.20. The van der Waals surface area contributed by atoms with E-state index in [1.54, 1.807) is 19.6 Å². The lowest BCUT2D eigenvalue weighted by Gasteiger charge is -2.21. The number of amides is 1. The number of aromatic nitrogens is 2. The fourth-order valence-corrected chi connectivity index (χ4v) is 3.14. The van der Waals surface area contributed by atoms with Crippen molar-refractivity contribution in [3.8, 4) is 5.75 Å². The van der Waals surface area contributed by atoms with E-state index in [0.717, 1.165) is 30.9 Å². The number of ether oxygens (including phenoxy) is 1. The predicted molar refractivity (Wildman–Crippen MR) is 93.3 cm³/mol. The zero-order valence-corrected chi connectivity index (χ0v) is 14.2. The molecule has 2 atom stereocenters. The number of imidazole rings is 1. The summed E-state index contributed by atoms with van der Waals surface area (Å²) in [5.41, 5.74) is 1.13. The van der Waals surface area contributed by atoms with Crippen LogP contribution in [0.3, 0.4) is 0 Å². The van der Waals surface area contributed by atoms with E-state index in [2.05, 4.69) is 21.3 Å². The molecule has 24 heavy (non-hydrogen) atoms. The Hall–Kier alpha value is -2.50. The number of nitrogens with zero attached hydrogens (tertiary/aromatic N) is 3. The smallest absolute Gasteiger partial charge is 0.242 e. The molecular formula is C18H24N4O2. The van der Waals surface area contributed by atoms with Gasteiger partial charge in [0.15, 0.2) is 0 Å². The summed E-state index contributed by atoms with van der Waals surface area (Å²) in [5.74, 6) is 1.38. The van der Waals surface area contributed by atoms with Gasteiger partial charge in [0.05, 0.1) is 19.1 Å². The highest BCUT2D eigenvalue weighted by Crippen LogP contribution is 2.31. The first-order valence-electron chi connectivity index (χ1n) is 8.32. The molecule has 6 nitrogen and oxygen atoms in total. The molecule has 1 fully saturated rings. The number of carbonyl (C=O) groups is 1. The van der Waals surface area contributed by atoms with Crippen molar-refractivity contribution >= 4 is 11.6 Å². The molecule has 2 heterocycles. The van der Waals surface area contributed by atoms with Crippen molar-refractivity contribution in [2.45, 2.75) is 19.4 Å². The van der Waals surface area contributed by atoms with Crippen molar-refractivity contribution in [2.24, 2.45) is 5.92 Å².